The van der Waals surface area contributed by atoms with Gasteiger partial charge < -0.3 is 34.4 Å². The largest absolute Gasteiger partial charge is 0.379 e. The Morgan fingerprint density at radius 2 is 1.57 bits per heavy atom. The lowest BCUT2D eigenvalue weighted by molar-refractivity contribution is -0.108. The van der Waals surface area contributed by atoms with Crippen molar-refractivity contribution in [3.05, 3.63) is 0 Å². The van der Waals surface area contributed by atoms with Gasteiger partial charge in [0.25, 0.3) is 0 Å². The molecule has 0 unspecified atom stereocenters. The molecule has 0 saturated carbocycles. The molecule has 0 amide bonds. The third-order valence-corrected chi connectivity index (χ3v) is 2.87. The number of nitrogens with one attached hydrogen (secondary N) is 2. The van der Waals surface area contributed by atoms with Crippen molar-refractivity contribution in [2.75, 3.05) is 73.0 Å². The van der Waals surface area contributed by atoms with Crippen molar-refractivity contribution in [3.8, 4) is 12.3 Å². The summed E-state index contributed by atoms with van der Waals surface area (Å²) in [6, 6.07) is 0.755. The zero-order valence-electron chi connectivity index (χ0n) is 14.1. The topological polar surface area (TPSA) is 78.0 Å². The first-order valence-corrected chi connectivity index (χ1v) is 7.91. The van der Waals surface area contributed by atoms with Crippen molar-refractivity contribution >= 4 is 6.29 Å². The molecule has 0 bridgehead atoms. The average molecular weight is 330 g/mol. The summed E-state index contributed by atoms with van der Waals surface area (Å²) in [5.74, 6) is 2.37. The Labute approximate surface area is 139 Å². The van der Waals surface area contributed by atoms with Crippen LogP contribution in [0.15, 0.2) is 0 Å². The fourth-order valence-electron chi connectivity index (χ4n) is 1.42. The molecular weight excluding hydrogens is 300 g/mol. The van der Waals surface area contributed by atoms with E-state index in [2.05, 4.69) is 16.6 Å². The van der Waals surface area contributed by atoms with Crippen LogP contribution in [0.4, 0.5) is 0 Å². The second-order valence-electron chi connectivity index (χ2n) is 4.69. The van der Waals surface area contributed by atoms with Crippen molar-refractivity contribution in [3.63, 3.8) is 0 Å². The molecule has 0 aromatic carbocycles. The van der Waals surface area contributed by atoms with E-state index in [4.69, 9.17) is 25.4 Å². The minimum atomic E-state index is 0.317. The Hall–Kier alpha value is -1.01. The molecule has 0 aromatic rings. The van der Waals surface area contributed by atoms with Gasteiger partial charge in [-0.25, -0.2) is 0 Å². The van der Waals surface area contributed by atoms with Crippen molar-refractivity contribution in [2.24, 2.45) is 0 Å². The molecular formula is C16H30N2O5. The first-order chi connectivity index (χ1) is 11.3. The van der Waals surface area contributed by atoms with E-state index in [9.17, 15) is 4.79 Å². The molecule has 1 saturated heterocycles. The quantitative estimate of drug-likeness (QED) is 0.251. The number of hydrogen-bond acceptors (Lipinski definition) is 7. The van der Waals surface area contributed by atoms with Gasteiger partial charge in [0.15, 0.2) is 0 Å². The van der Waals surface area contributed by atoms with Gasteiger partial charge in [0.05, 0.1) is 46.2 Å². The number of terminal acetylenes is 1. The molecule has 0 aromatic heterocycles. The van der Waals surface area contributed by atoms with E-state index >= 15 is 0 Å². The van der Waals surface area contributed by atoms with E-state index in [0.29, 0.717) is 59.3 Å². The van der Waals surface area contributed by atoms with Gasteiger partial charge in [-0.2, -0.15) is 0 Å². The Morgan fingerprint density at radius 3 is 1.91 bits per heavy atom. The minimum absolute atomic E-state index is 0.317. The molecule has 1 heterocycles. The maximum Gasteiger partial charge on any atom is 0.122 e. The van der Waals surface area contributed by atoms with Gasteiger partial charge in [-0.15, -0.1) is 6.42 Å². The molecule has 7 heteroatoms. The highest BCUT2D eigenvalue weighted by molar-refractivity contribution is 5.49. The summed E-state index contributed by atoms with van der Waals surface area (Å²) in [6.07, 6.45) is 6.26. The first kappa shape index (κ1) is 22.0. The van der Waals surface area contributed by atoms with E-state index in [1.807, 2.05) is 7.05 Å². The third-order valence-electron chi connectivity index (χ3n) is 2.87. The van der Waals surface area contributed by atoms with Gasteiger partial charge in [0, 0.05) is 25.6 Å². The lowest BCUT2D eigenvalue weighted by Gasteiger charge is -2.25. The maximum absolute atomic E-state index is 9.96. The highest BCUT2D eigenvalue weighted by Crippen LogP contribution is 1.85. The molecule has 1 aliphatic rings. The molecule has 0 atom stereocenters. The summed E-state index contributed by atoms with van der Waals surface area (Å²) in [5.41, 5.74) is 0. The zero-order chi connectivity index (χ0) is 17.0. The number of rotatable bonds is 14. The van der Waals surface area contributed by atoms with E-state index in [1.54, 1.807) is 0 Å². The van der Waals surface area contributed by atoms with Gasteiger partial charge in [0.2, 0.25) is 0 Å². The Bertz CT molecular complexity index is 290. The lowest BCUT2D eigenvalue weighted by Crippen LogP contribution is -2.54. The van der Waals surface area contributed by atoms with Crippen LogP contribution in [0.5, 0.6) is 0 Å². The van der Waals surface area contributed by atoms with Crippen molar-refractivity contribution < 1.29 is 23.7 Å². The van der Waals surface area contributed by atoms with Gasteiger partial charge in [-0.3, -0.25) is 0 Å². The van der Waals surface area contributed by atoms with Gasteiger partial charge in [0.1, 0.15) is 12.9 Å². The smallest absolute Gasteiger partial charge is 0.122 e. The number of hydrogen-bond donors (Lipinski definition) is 2. The summed E-state index contributed by atoms with van der Waals surface area (Å²) in [5, 5.41) is 6.29. The summed E-state index contributed by atoms with van der Waals surface area (Å²) in [7, 11) is 1.99. The predicted molar refractivity (Wildman–Crippen MR) is 88.5 cm³/mol. The molecule has 0 aliphatic carbocycles. The van der Waals surface area contributed by atoms with Crippen LogP contribution in [0.25, 0.3) is 0 Å². The molecule has 0 spiro atoms. The minimum Gasteiger partial charge on any atom is -0.379 e. The number of likely N-dealkylation sites (N-methyl/N-ethyl adjacent to an activating group) is 1. The second-order valence-corrected chi connectivity index (χ2v) is 4.69. The third kappa shape index (κ3) is 17.2. The van der Waals surface area contributed by atoms with Crippen LogP contribution in [0.3, 0.4) is 0 Å². The monoisotopic (exact) mass is 330 g/mol. The number of carbonyl (C=O) groups excluding carboxylic acids is 1. The Balaban J connectivity index is 0.000000664. The van der Waals surface area contributed by atoms with Gasteiger partial charge in [-0.05, 0) is 7.05 Å². The van der Waals surface area contributed by atoms with Crippen LogP contribution in [-0.4, -0.2) is 85.3 Å². The summed E-state index contributed by atoms with van der Waals surface area (Å²) in [6.45, 7) is 6.13. The van der Waals surface area contributed by atoms with Gasteiger partial charge in [-0.1, -0.05) is 5.92 Å². The van der Waals surface area contributed by atoms with Crippen molar-refractivity contribution in [1.29, 1.82) is 0 Å². The summed E-state index contributed by atoms with van der Waals surface area (Å²) < 4.78 is 20.6. The van der Waals surface area contributed by atoms with E-state index in [0.717, 1.165) is 25.4 Å². The predicted octanol–water partition coefficient (Wildman–Crippen LogP) is -0.547. The molecule has 23 heavy (non-hydrogen) atoms. The molecule has 7 nitrogen and oxygen atoms in total. The number of aldehydes is 1. The standard InChI is InChI=1S/C12H20O5.C4H10N2/c1-2-5-14-7-9-16-11-12-17-10-8-15-6-3-4-13;1-5-4-2-6-3-4/h1,4H,3,5-12H2;4-6H,2-3H2,1H3. The Kier molecular flexibility index (Phi) is 18.2. The van der Waals surface area contributed by atoms with Crippen LogP contribution in [0.1, 0.15) is 6.42 Å². The normalized spacial score (nSPS) is 13.6. The average Bonchev–Trinajstić information content (AvgIpc) is 2.51. The zero-order valence-corrected chi connectivity index (χ0v) is 14.1. The molecule has 1 rings (SSSR count). The van der Waals surface area contributed by atoms with E-state index in [1.165, 1.54) is 0 Å². The molecule has 0 radical (unpaired) electrons. The van der Waals surface area contributed by atoms with Crippen LogP contribution < -0.4 is 10.6 Å². The second kappa shape index (κ2) is 19.0. The molecule has 2 N–H and O–H groups in total. The molecule has 1 fully saturated rings. The van der Waals surface area contributed by atoms with Crippen LogP contribution >= 0.6 is 0 Å². The highest BCUT2D eigenvalue weighted by Gasteiger charge is 2.11. The van der Waals surface area contributed by atoms with Crippen LogP contribution in [0.2, 0.25) is 0 Å². The summed E-state index contributed by atoms with van der Waals surface area (Å²) >= 11 is 0. The van der Waals surface area contributed by atoms with Gasteiger partial charge >= 0.3 is 0 Å². The fraction of sp³-hybridized carbons (Fsp3) is 0.812. The number of carbonyl (C=O) groups is 1. The van der Waals surface area contributed by atoms with Crippen LogP contribution in [-0.2, 0) is 23.7 Å². The van der Waals surface area contributed by atoms with Crippen molar-refractivity contribution in [1.82, 2.24) is 10.6 Å². The molecule has 134 valence electrons. The van der Waals surface area contributed by atoms with Crippen molar-refractivity contribution in [2.45, 2.75) is 12.5 Å². The summed E-state index contributed by atoms with van der Waals surface area (Å²) in [4.78, 5) is 9.96. The molecule has 1 aliphatic heterocycles. The SMILES string of the molecule is C#CCOCCOCCOCCOCCC=O.CNC1CNC1. The number of ether oxygens (including phenoxy) is 4. The maximum atomic E-state index is 9.96. The highest BCUT2D eigenvalue weighted by atomic mass is 16.6. The fourth-order valence-corrected chi connectivity index (χ4v) is 1.42. The van der Waals surface area contributed by atoms with E-state index < -0.39 is 0 Å². The van der Waals surface area contributed by atoms with E-state index in [-0.39, 0.29) is 0 Å². The Morgan fingerprint density at radius 1 is 1.04 bits per heavy atom. The van der Waals surface area contributed by atoms with Crippen LogP contribution in [0, 0.1) is 12.3 Å². The lowest BCUT2D eigenvalue weighted by atomic mass is 10.2. The first-order valence-electron chi connectivity index (χ1n) is 7.91.